The quantitative estimate of drug-likeness (QED) is 0.750. The van der Waals surface area contributed by atoms with Gasteiger partial charge < -0.3 is 10.1 Å². The first-order valence-corrected chi connectivity index (χ1v) is 5.38. The summed E-state index contributed by atoms with van der Waals surface area (Å²) in [5, 5.41) is 2.40. The van der Waals surface area contributed by atoms with Crippen LogP contribution >= 0.6 is 0 Å². The number of carbonyl (C=O) groups is 2. The summed E-state index contributed by atoms with van der Waals surface area (Å²) in [5.74, 6) is 0.185. The molecule has 1 amide bonds. The molecule has 0 heterocycles. The second-order valence-electron chi connectivity index (χ2n) is 4.92. The Balaban J connectivity index is 3.89. The topological polar surface area (TPSA) is 55.4 Å². The third kappa shape index (κ3) is 9.24. The molecule has 0 unspecified atom stereocenters. The summed E-state index contributed by atoms with van der Waals surface area (Å²) in [5.41, 5.74) is -0.541. The zero-order chi connectivity index (χ0) is 12.8. The Morgan fingerprint density at radius 1 is 1.31 bits per heavy atom. The fraction of sp³-hybridized carbons (Fsp3) is 0.667. The van der Waals surface area contributed by atoms with E-state index in [9.17, 15) is 9.59 Å². The highest BCUT2D eigenvalue weighted by Crippen LogP contribution is 2.06. The summed E-state index contributed by atoms with van der Waals surface area (Å²) >= 11 is 0. The number of amides is 1. The molecule has 0 rings (SSSR count). The van der Waals surface area contributed by atoms with Crippen LogP contribution in [0, 0.1) is 5.92 Å². The largest absolute Gasteiger partial charge is 0.444 e. The third-order valence-electron chi connectivity index (χ3n) is 1.47. The molecule has 0 spiro atoms. The highest BCUT2D eigenvalue weighted by atomic mass is 16.6. The van der Waals surface area contributed by atoms with Crippen molar-refractivity contribution >= 4 is 11.9 Å². The fourth-order valence-electron chi connectivity index (χ4n) is 0.832. The van der Waals surface area contributed by atoms with E-state index < -0.39 is 11.7 Å². The average molecular weight is 227 g/mol. The summed E-state index contributed by atoms with van der Waals surface area (Å²) in [6, 6.07) is 0. The molecule has 0 aliphatic rings. The lowest BCUT2D eigenvalue weighted by Gasteiger charge is -2.19. The van der Waals surface area contributed by atoms with Crippen molar-refractivity contribution in [3.8, 4) is 0 Å². The molecule has 0 fully saturated rings. The molecular formula is C12H21NO3. The first-order chi connectivity index (χ1) is 7.20. The van der Waals surface area contributed by atoms with Crippen LogP contribution in [-0.4, -0.2) is 24.0 Å². The number of rotatable bonds is 4. The van der Waals surface area contributed by atoms with E-state index in [1.54, 1.807) is 26.8 Å². The number of ketones is 1. The maximum absolute atomic E-state index is 11.3. The number of nitrogens with one attached hydrogen (secondary N) is 1. The van der Waals surface area contributed by atoms with Crippen molar-refractivity contribution in [2.75, 3.05) is 6.54 Å². The summed E-state index contributed by atoms with van der Waals surface area (Å²) in [6.45, 7) is 9.24. The SMILES string of the molecule is CC(C)C=CC(=O)CNC(=O)OC(C)(C)C. The van der Waals surface area contributed by atoms with E-state index in [0.29, 0.717) is 5.92 Å². The fourth-order valence-corrected chi connectivity index (χ4v) is 0.832. The molecule has 0 aliphatic carbocycles. The smallest absolute Gasteiger partial charge is 0.408 e. The van der Waals surface area contributed by atoms with Gasteiger partial charge >= 0.3 is 6.09 Å². The molecule has 0 aromatic heterocycles. The molecule has 4 nitrogen and oxygen atoms in total. The molecule has 92 valence electrons. The van der Waals surface area contributed by atoms with Gasteiger partial charge in [0, 0.05) is 0 Å². The van der Waals surface area contributed by atoms with Crippen molar-refractivity contribution in [3.63, 3.8) is 0 Å². The molecule has 0 saturated heterocycles. The average Bonchev–Trinajstić information content (AvgIpc) is 2.08. The molecule has 4 heteroatoms. The zero-order valence-electron chi connectivity index (χ0n) is 10.7. The van der Waals surface area contributed by atoms with Crippen LogP contribution in [0.1, 0.15) is 34.6 Å². The molecule has 1 N–H and O–H groups in total. The van der Waals surface area contributed by atoms with Gasteiger partial charge in [-0.1, -0.05) is 19.9 Å². The van der Waals surface area contributed by atoms with Gasteiger partial charge in [0.15, 0.2) is 5.78 Å². The first kappa shape index (κ1) is 14.7. The molecule has 16 heavy (non-hydrogen) atoms. The van der Waals surface area contributed by atoms with Crippen LogP contribution in [0.3, 0.4) is 0 Å². The van der Waals surface area contributed by atoms with E-state index in [-0.39, 0.29) is 12.3 Å². The van der Waals surface area contributed by atoms with Gasteiger partial charge in [-0.15, -0.1) is 0 Å². The minimum absolute atomic E-state index is 0.0296. The van der Waals surface area contributed by atoms with E-state index >= 15 is 0 Å². The summed E-state index contributed by atoms with van der Waals surface area (Å²) < 4.78 is 4.99. The van der Waals surface area contributed by atoms with E-state index in [0.717, 1.165) is 0 Å². The van der Waals surface area contributed by atoms with E-state index in [1.165, 1.54) is 6.08 Å². The minimum atomic E-state index is -0.571. The molecule has 0 atom stereocenters. The van der Waals surface area contributed by atoms with Gasteiger partial charge in [0.2, 0.25) is 0 Å². The Bertz CT molecular complexity index is 274. The summed E-state index contributed by atoms with van der Waals surface area (Å²) in [6.07, 6.45) is 2.69. The van der Waals surface area contributed by atoms with Crippen LogP contribution in [0.5, 0.6) is 0 Å². The number of ether oxygens (including phenoxy) is 1. The Kier molecular flexibility index (Phi) is 5.78. The van der Waals surface area contributed by atoms with Crippen molar-refractivity contribution in [2.45, 2.75) is 40.2 Å². The standard InChI is InChI=1S/C12H21NO3/c1-9(2)6-7-10(14)8-13-11(15)16-12(3,4)5/h6-7,9H,8H2,1-5H3,(H,13,15). The van der Waals surface area contributed by atoms with E-state index in [2.05, 4.69) is 5.32 Å². The van der Waals surface area contributed by atoms with Crippen molar-refractivity contribution in [1.82, 2.24) is 5.32 Å². The monoisotopic (exact) mass is 227 g/mol. The second-order valence-corrected chi connectivity index (χ2v) is 4.92. The Hall–Kier alpha value is -1.32. The lowest BCUT2D eigenvalue weighted by molar-refractivity contribution is -0.113. The lowest BCUT2D eigenvalue weighted by Crippen LogP contribution is -2.35. The van der Waals surface area contributed by atoms with Crippen molar-refractivity contribution < 1.29 is 14.3 Å². The van der Waals surface area contributed by atoms with Crippen LogP contribution < -0.4 is 5.32 Å². The minimum Gasteiger partial charge on any atom is -0.444 e. The van der Waals surface area contributed by atoms with Gasteiger partial charge in [0.1, 0.15) is 5.60 Å². The second kappa shape index (κ2) is 6.30. The predicted octanol–water partition coefficient (Wildman–Crippen LogP) is 2.29. The summed E-state index contributed by atoms with van der Waals surface area (Å²) in [7, 11) is 0. The molecule has 0 radical (unpaired) electrons. The maximum atomic E-state index is 11.3. The van der Waals surface area contributed by atoms with Crippen molar-refractivity contribution in [3.05, 3.63) is 12.2 Å². The predicted molar refractivity (Wildman–Crippen MR) is 63.2 cm³/mol. The molecule has 0 aliphatic heterocycles. The molecule has 0 aromatic rings. The van der Waals surface area contributed by atoms with Crippen LogP contribution in [0.15, 0.2) is 12.2 Å². The van der Waals surface area contributed by atoms with E-state index in [4.69, 9.17) is 4.74 Å². The third-order valence-corrected chi connectivity index (χ3v) is 1.47. The van der Waals surface area contributed by atoms with Crippen LogP contribution in [-0.2, 0) is 9.53 Å². The van der Waals surface area contributed by atoms with Crippen LogP contribution in [0.2, 0.25) is 0 Å². The zero-order valence-corrected chi connectivity index (χ0v) is 10.7. The number of hydrogen-bond acceptors (Lipinski definition) is 3. The van der Waals surface area contributed by atoms with Gasteiger partial charge in [-0.25, -0.2) is 4.79 Å². The van der Waals surface area contributed by atoms with Crippen LogP contribution in [0.4, 0.5) is 4.79 Å². The highest BCUT2D eigenvalue weighted by Gasteiger charge is 2.15. The number of alkyl carbamates (subject to hydrolysis) is 1. The number of allylic oxidation sites excluding steroid dienone is 1. The maximum Gasteiger partial charge on any atom is 0.408 e. The Morgan fingerprint density at radius 3 is 2.31 bits per heavy atom. The number of hydrogen-bond donors (Lipinski definition) is 1. The Morgan fingerprint density at radius 2 is 1.88 bits per heavy atom. The Labute approximate surface area is 97.1 Å². The van der Waals surface area contributed by atoms with Gasteiger partial charge in [0.05, 0.1) is 6.54 Å². The molecule has 0 bridgehead atoms. The normalized spacial score (nSPS) is 11.9. The van der Waals surface area contributed by atoms with Crippen molar-refractivity contribution in [1.29, 1.82) is 0 Å². The molecular weight excluding hydrogens is 206 g/mol. The summed E-state index contributed by atoms with van der Waals surface area (Å²) in [4.78, 5) is 22.5. The van der Waals surface area contributed by atoms with Crippen LogP contribution in [0.25, 0.3) is 0 Å². The lowest BCUT2D eigenvalue weighted by atomic mass is 10.2. The van der Waals surface area contributed by atoms with Gasteiger partial charge in [-0.05, 0) is 32.8 Å². The van der Waals surface area contributed by atoms with E-state index in [1.807, 2.05) is 13.8 Å². The van der Waals surface area contributed by atoms with Gasteiger partial charge in [0.25, 0.3) is 0 Å². The highest BCUT2D eigenvalue weighted by molar-refractivity contribution is 5.93. The van der Waals surface area contributed by atoms with Gasteiger partial charge in [-0.3, -0.25) is 4.79 Å². The van der Waals surface area contributed by atoms with Crippen molar-refractivity contribution in [2.24, 2.45) is 5.92 Å². The molecule has 0 saturated carbocycles. The molecule has 0 aromatic carbocycles. The van der Waals surface area contributed by atoms with Gasteiger partial charge in [-0.2, -0.15) is 0 Å². The number of carbonyl (C=O) groups excluding carboxylic acids is 2. The first-order valence-electron chi connectivity index (χ1n) is 5.38.